The molecule has 0 unspecified atom stereocenters. The van der Waals surface area contributed by atoms with Gasteiger partial charge in [0.1, 0.15) is 6.54 Å². The van der Waals surface area contributed by atoms with Gasteiger partial charge in [-0.1, -0.05) is 6.07 Å². The summed E-state index contributed by atoms with van der Waals surface area (Å²) in [4.78, 5) is 22.8. The summed E-state index contributed by atoms with van der Waals surface area (Å²) >= 11 is 0. The van der Waals surface area contributed by atoms with Crippen molar-refractivity contribution in [3.8, 4) is 0 Å². The Kier molecular flexibility index (Phi) is 4.25. The van der Waals surface area contributed by atoms with Gasteiger partial charge in [0.05, 0.1) is 4.92 Å². The summed E-state index contributed by atoms with van der Waals surface area (Å²) in [5.74, 6) is -0.966. The number of anilines is 1. The fourth-order valence-corrected chi connectivity index (χ4v) is 1.69. The summed E-state index contributed by atoms with van der Waals surface area (Å²) < 4.78 is 0. The first-order chi connectivity index (χ1) is 8.32. The van der Waals surface area contributed by atoms with Crippen molar-refractivity contribution in [3.63, 3.8) is 0 Å². The van der Waals surface area contributed by atoms with Gasteiger partial charge in [-0.15, -0.1) is 0 Å². The molecule has 0 aliphatic rings. The lowest BCUT2D eigenvalue weighted by atomic mass is 10.1. The first kappa shape index (κ1) is 14.0. The van der Waals surface area contributed by atoms with Crippen LogP contribution in [0.25, 0.3) is 0 Å². The van der Waals surface area contributed by atoms with Gasteiger partial charge < -0.3 is 10.0 Å². The molecule has 0 aliphatic heterocycles. The quantitative estimate of drug-likeness (QED) is 0.641. The molecule has 0 aromatic heterocycles. The minimum absolute atomic E-state index is 0.00328. The Morgan fingerprint density at radius 1 is 1.50 bits per heavy atom. The third kappa shape index (κ3) is 3.19. The zero-order chi connectivity index (χ0) is 13.9. The van der Waals surface area contributed by atoms with Gasteiger partial charge in [-0.3, -0.25) is 14.9 Å². The van der Waals surface area contributed by atoms with Crippen LogP contribution in [0.4, 0.5) is 11.4 Å². The van der Waals surface area contributed by atoms with Crippen LogP contribution in [0, 0.1) is 17.0 Å². The average molecular weight is 252 g/mol. The number of carboxylic acids is 1. The van der Waals surface area contributed by atoms with Gasteiger partial charge in [-0.2, -0.15) is 0 Å². The molecule has 0 heterocycles. The van der Waals surface area contributed by atoms with Crippen LogP contribution in [0.15, 0.2) is 18.2 Å². The summed E-state index contributed by atoms with van der Waals surface area (Å²) in [6, 6.07) is 4.69. The molecular weight excluding hydrogens is 236 g/mol. The fourth-order valence-electron chi connectivity index (χ4n) is 1.69. The van der Waals surface area contributed by atoms with Crippen LogP contribution < -0.4 is 4.90 Å². The number of aryl methyl sites for hydroxylation is 1. The summed E-state index contributed by atoms with van der Waals surface area (Å²) in [6.07, 6.45) is 0. The van der Waals surface area contributed by atoms with E-state index < -0.39 is 10.9 Å². The molecule has 0 amide bonds. The third-order valence-electron chi connectivity index (χ3n) is 2.65. The van der Waals surface area contributed by atoms with Gasteiger partial charge in [0, 0.05) is 23.4 Å². The van der Waals surface area contributed by atoms with Crippen molar-refractivity contribution in [2.75, 3.05) is 11.4 Å². The predicted octanol–water partition coefficient (Wildman–Crippen LogP) is 2.20. The molecule has 0 radical (unpaired) electrons. The highest BCUT2D eigenvalue weighted by Gasteiger charge is 2.18. The number of hydrogen-bond acceptors (Lipinski definition) is 4. The van der Waals surface area contributed by atoms with Gasteiger partial charge >= 0.3 is 5.97 Å². The molecule has 0 spiro atoms. The van der Waals surface area contributed by atoms with Crippen LogP contribution in [0.3, 0.4) is 0 Å². The van der Waals surface area contributed by atoms with Crippen LogP contribution in [0.5, 0.6) is 0 Å². The molecule has 0 atom stereocenters. The summed E-state index contributed by atoms with van der Waals surface area (Å²) in [5.41, 5.74) is 1.11. The van der Waals surface area contributed by atoms with Crippen LogP contribution in [-0.4, -0.2) is 28.6 Å². The second-order valence-corrected chi connectivity index (χ2v) is 4.34. The summed E-state index contributed by atoms with van der Waals surface area (Å²) in [7, 11) is 0. The number of nitrogens with zero attached hydrogens (tertiary/aromatic N) is 2. The number of aliphatic carboxylic acids is 1. The van der Waals surface area contributed by atoms with E-state index in [4.69, 9.17) is 5.11 Å². The molecule has 18 heavy (non-hydrogen) atoms. The molecule has 1 aromatic rings. The van der Waals surface area contributed by atoms with Gasteiger partial charge in [-0.25, -0.2) is 0 Å². The molecular formula is C12H16N2O4. The molecule has 6 nitrogen and oxygen atoms in total. The Morgan fingerprint density at radius 2 is 2.11 bits per heavy atom. The van der Waals surface area contributed by atoms with Gasteiger partial charge in [0.25, 0.3) is 5.69 Å². The topological polar surface area (TPSA) is 83.7 Å². The largest absolute Gasteiger partial charge is 0.480 e. The molecule has 0 saturated heterocycles. The highest BCUT2D eigenvalue weighted by atomic mass is 16.6. The van der Waals surface area contributed by atoms with Gasteiger partial charge in [-0.05, 0) is 26.8 Å². The Balaban J connectivity index is 3.17. The van der Waals surface area contributed by atoms with E-state index in [0.29, 0.717) is 11.3 Å². The molecule has 98 valence electrons. The number of rotatable bonds is 5. The van der Waals surface area contributed by atoms with Crippen LogP contribution in [0.2, 0.25) is 0 Å². The second-order valence-electron chi connectivity index (χ2n) is 4.34. The van der Waals surface area contributed by atoms with E-state index in [2.05, 4.69) is 0 Å². The molecule has 0 saturated carbocycles. The van der Waals surface area contributed by atoms with E-state index in [1.165, 1.54) is 6.07 Å². The van der Waals surface area contributed by atoms with E-state index >= 15 is 0 Å². The van der Waals surface area contributed by atoms with Gasteiger partial charge in [0.2, 0.25) is 0 Å². The number of carboxylic acid groups (broad SMARTS) is 1. The lowest BCUT2D eigenvalue weighted by Gasteiger charge is -2.27. The molecule has 6 heteroatoms. The third-order valence-corrected chi connectivity index (χ3v) is 2.65. The lowest BCUT2D eigenvalue weighted by Crippen LogP contribution is -2.35. The average Bonchev–Trinajstić information content (AvgIpc) is 2.26. The number of nitro benzene ring substituents is 1. The van der Waals surface area contributed by atoms with Gasteiger partial charge in [0.15, 0.2) is 0 Å². The maximum absolute atomic E-state index is 10.9. The van der Waals surface area contributed by atoms with Crippen molar-refractivity contribution in [1.82, 2.24) is 0 Å². The number of hydrogen-bond donors (Lipinski definition) is 1. The first-order valence-electron chi connectivity index (χ1n) is 5.56. The smallest absolute Gasteiger partial charge is 0.323 e. The number of benzene rings is 1. The standard InChI is InChI=1S/C12H16N2O4/c1-8(2)13(7-12(15)16)10-5-4-9(3)11(6-10)14(17)18/h4-6,8H,7H2,1-3H3,(H,15,16). The van der Waals surface area contributed by atoms with E-state index in [0.717, 1.165) is 0 Å². The molecule has 1 N–H and O–H groups in total. The Hall–Kier alpha value is -2.11. The summed E-state index contributed by atoms with van der Waals surface area (Å²) in [6.45, 7) is 5.15. The minimum atomic E-state index is -0.966. The molecule has 0 bridgehead atoms. The minimum Gasteiger partial charge on any atom is -0.480 e. The Morgan fingerprint density at radius 3 is 2.56 bits per heavy atom. The zero-order valence-electron chi connectivity index (χ0n) is 10.6. The van der Waals surface area contributed by atoms with Crippen LogP contribution in [-0.2, 0) is 4.79 Å². The van der Waals surface area contributed by atoms with Crippen molar-refractivity contribution in [1.29, 1.82) is 0 Å². The monoisotopic (exact) mass is 252 g/mol. The van der Waals surface area contributed by atoms with E-state index in [1.54, 1.807) is 24.0 Å². The van der Waals surface area contributed by atoms with E-state index in [9.17, 15) is 14.9 Å². The number of carbonyl (C=O) groups is 1. The van der Waals surface area contributed by atoms with Crippen molar-refractivity contribution in [3.05, 3.63) is 33.9 Å². The van der Waals surface area contributed by atoms with Crippen LogP contribution >= 0.6 is 0 Å². The van der Waals surface area contributed by atoms with E-state index in [1.807, 2.05) is 13.8 Å². The summed E-state index contributed by atoms with van der Waals surface area (Å²) in [5, 5.41) is 19.7. The van der Waals surface area contributed by atoms with E-state index in [-0.39, 0.29) is 18.3 Å². The number of nitro groups is 1. The fraction of sp³-hybridized carbons (Fsp3) is 0.417. The second kappa shape index (κ2) is 5.48. The maximum atomic E-state index is 10.9. The van der Waals surface area contributed by atoms with Crippen molar-refractivity contribution < 1.29 is 14.8 Å². The van der Waals surface area contributed by atoms with Crippen molar-refractivity contribution >= 4 is 17.3 Å². The van der Waals surface area contributed by atoms with Crippen molar-refractivity contribution in [2.45, 2.75) is 26.8 Å². The highest BCUT2D eigenvalue weighted by molar-refractivity contribution is 5.74. The molecule has 0 aliphatic carbocycles. The van der Waals surface area contributed by atoms with Crippen molar-refractivity contribution in [2.24, 2.45) is 0 Å². The molecule has 1 rings (SSSR count). The van der Waals surface area contributed by atoms with Crippen LogP contribution in [0.1, 0.15) is 19.4 Å². The highest BCUT2D eigenvalue weighted by Crippen LogP contribution is 2.26. The first-order valence-corrected chi connectivity index (χ1v) is 5.56. The zero-order valence-corrected chi connectivity index (χ0v) is 10.6. The SMILES string of the molecule is Cc1ccc(N(CC(=O)O)C(C)C)cc1[N+](=O)[O-]. The maximum Gasteiger partial charge on any atom is 0.323 e. The molecule has 0 fully saturated rings. The normalized spacial score (nSPS) is 10.4. The lowest BCUT2D eigenvalue weighted by molar-refractivity contribution is -0.385. The Bertz CT molecular complexity index is 471. The Labute approximate surface area is 105 Å². The molecule has 1 aromatic carbocycles. The predicted molar refractivity (Wildman–Crippen MR) is 68.0 cm³/mol.